The van der Waals surface area contributed by atoms with Crippen LogP contribution >= 0.6 is 23.4 Å². The third kappa shape index (κ3) is 3.56. The smallest absolute Gasteiger partial charge is 0.314 e. The zero-order chi connectivity index (χ0) is 19.2. The first-order valence-corrected chi connectivity index (χ1v) is 12.0. The van der Waals surface area contributed by atoms with E-state index >= 15 is 0 Å². The van der Waals surface area contributed by atoms with Crippen LogP contribution in [0, 0.1) is 0 Å². The topological polar surface area (TPSA) is 57.7 Å². The Hall–Kier alpha value is -1.70. The summed E-state index contributed by atoms with van der Waals surface area (Å²) in [6.07, 6.45) is 1.97. The average molecular weight is 423 g/mol. The Balaban J connectivity index is 1.70. The van der Waals surface area contributed by atoms with Gasteiger partial charge in [-0.15, -0.1) is 11.8 Å². The van der Waals surface area contributed by atoms with Gasteiger partial charge in [-0.2, -0.15) is 0 Å². The van der Waals surface area contributed by atoms with Crippen molar-refractivity contribution < 1.29 is 13.2 Å². The molecule has 0 radical (unpaired) electrons. The number of amides is 2. The summed E-state index contributed by atoms with van der Waals surface area (Å²) in [7, 11) is -3.18. The van der Waals surface area contributed by atoms with Crippen LogP contribution in [0.15, 0.2) is 53.4 Å². The molecule has 2 aromatic carbocycles. The number of urea groups is 1. The number of anilines is 1. The van der Waals surface area contributed by atoms with E-state index in [1.807, 2.05) is 42.7 Å². The summed E-state index contributed by atoms with van der Waals surface area (Å²) in [5.41, 5.74) is 1.67. The maximum absolute atomic E-state index is 13.2. The molecule has 2 aromatic rings. The fourth-order valence-corrected chi connectivity index (χ4v) is 6.34. The number of carbonyl (C=O) groups excluding carboxylic acids is 1. The van der Waals surface area contributed by atoms with Crippen LogP contribution in [0.4, 0.5) is 10.5 Å². The average Bonchev–Trinajstić information content (AvgIpc) is 3.07. The molecular formula is C19H19ClN2O3S2. The normalized spacial score (nSPS) is 23.7. The summed E-state index contributed by atoms with van der Waals surface area (Å²) in [5, 5.41) is 0.628. The Morgan fingerprint density at radius 1 is 1.11 bits per heavy atom. The molecule has 0 aliphatic carbocycles. The summed E-state index contributed by atoms with van der Waals surface area (Å²) in [6.45, 7) is 0.366. The molecular weight excluding hydrogens is 404 g/mol. The van der Waals surface area contributed by atoms with Gasteiger partial charge in [0.15, 0.2) is 9.84 Å². The summed E-state index contributed by atoms with van der Waals surface area (Å²) < 4.78 is 24.6. The van der Waals surface area contributed by atoms with Crippen molar-refractivity contribution in [2.45, 2.75) is 23.5 Å². The van der Waals surface area contributed by atoms with Crippen molar-refractivity contribution in [1.82, 2.24) is 4.90 Å². The van der Waals surface area contributed by atoms with Crippen molar-refractivity contribution >= 4 is 44.9 Å². The third-order valence-electron chi connectivity index (χ3n) is 5.07. The highest BCUT2D eigenvalue weighted by Gasteiger charge is 2.53. The first kappa shape index (κ1) is 18.7. The van der Waals surface area contributed by atoms with E-state index in [4.69, 9.17) is 11.6 Å². The first-order chi connectivity index (χ1) is 12.9. The number of rotatable bonds is 4. The number of nitrogens with zero attached hydrogens (tertiary/aromatic N) is 2. The van der Waals surface area contributed by atoms with E-state index < -0.39 is 9.84 Å². The lowest BCUT2D eigenvalue weighted by atomic mass is 10.1. The zero-order valence-electron chi connectivity index (χ0n) is 14.7. The molecule has 0 spiro atoms. The van der Waals surface area contributed by atoms with Gasteiger partial charge in [0.1, 0.15) is 0 Å². The largest absolute Gasteiger partial charge is 0.325 e. The highest BCUT2D eigenvalue weighted by atomic mass is 35.5. The molecule has 2 amide bonds. The molecule has 2 fully saturated rings. The number of thioether (sulfide) groups is 1. The second-order valence-corrected chi connectivity index (χ2v) is 10.3. The first-order valence-electron chi connectivity index (χ1n) is 8.57. The SMILES string of the molecule is CSc1cccc(N2C(=O)N(Cc3ccc(Cl)cc3)[C@@H]3CS(=O)(=O)C[C@H]32)c1. The molecule has 8 heteroatoms. The lowest BCUT2D eigenvalue weighted by Crippen LogP contribution is -2.37. The van der Waals surface area contributed by atoms with Gasteiger partial charge >= 0.3 is 6.03 Å². The van der Waals surface area contributed by atoms with Crippen LogP contribution in [0.3, 0.4) is 0 Å². The number of carbonyl (C=O) groups is 1. The molecule has 142 valence electrons. The number of sulfone groups is 1. The third-order valence-corrected chi connectivity index (χ3v) is 7.75. The van der Waals surface area contributed by atoms with Crippen LogP contribution in [0.25, 0.3) is 0 Å². The van der Waals surface area contributed by atoms with Crippen molar-refractivity contribution in [3.63, 3.8) is 0 Å². The molecule has 27 heavy (non-hydrogen) atoms. The molecule has 0 bridgehead atoms. The quantitative estimate of drug-likeness (QED) is 0.557. The maximum Gasteiger partial charge on any atom is 0.325 e. The number of benzene rings is 2. The van der Waals surface area contributed by atoms with Gasteiger partial charge in [0, 0.05) is 22.2 Å². The van der Waals surface area contributed by atoms with E-state index in [2.05, 4.69) is 0 Å². The van der Waals surface area contributed by atoms with Gasteiger partial charge in [-0.3, -0.25) is 4.90 Å². The van der Waals surface area contributed by atoms with E-state index in [1.165, 1.54) is 0 Å². The number of hydrogen-bond donors (Lipinski definition) is 0. The van der Waals surface area contributed by atoms with Crippen molar-refractivity contribution in [3.05, 3.63) is 59.1 Å². The minimum atomic E-state index is -3.18. The Morgan fingerprint density at radius 3 is 2.52 bits per heavy atom. The van der Waals surface area contributed by atoms with Gasteiger partial charge in [0.2, 0.25) is 0 Å². The zero-order valence-corrected chi connectivity index (χ0v) is 17.1. The predicted molar refractivity (Wildman–Crippen MR) is 109 cm³/mol. The van der Waals surface area contributed by atoms with E-state index in [0.29, 0.717) is 11.6 Å². The van der Waals surface area contributed by atoms with Crippen LogP contribution in [0.2, 0.25) is 5.02 Å². The lowest BCUT2D eigenvalue weighted by Gasteiger charge is -2.23. The van der Waals surface area contributed by atoms with E-state index in [0.717, 1.165) is 16.1 Å². The Bertz CT molecular complexity index is 979. The summed E-state index contributed by atoms with van der Waals surface area (Å²) >= 11 is 7.54. The van der Waals surface area contributed by atoms with Crippen molar-refractivity contribution in [3.8, 4) is 0 Å². The highest BCUT2D eigenvalue weighted by molar-refractivity contribution is 7.98. The van der Waals surface area contributed by atoms with E-state index in [-0.39, 0.29) is 29.6 Å². The lowest BCUT2D eigenvalue weighted by molar-refractivity contribution is 0.206. The van der Waals surface area contributed by atoms with Gasteiger partial charge in [-0.1, -0.05) is 29.8 Å². The number of fused-ring (bicyclic) bond motifs is 1. The molecule has 2 atom stereocenters. The van der Waals surface area contributed by atoms with Gasteiger partial charge in [-0.05, 0) is 42.2 Å². The van der Waals surface area contributed by atoms with Gasteiger partial charge < -0.3 is 4.90 Å². The maximum atomic E-state index is 13.2. The van der Waals surface area contributed by atoms with Gasteiger partial charge in [0.25, 0.3) is 0 Å². The van der Waals surface area contributed by atoms with Crippen molar-refractivity contribution in [1.29, 1.82) is 0 Å². The van der Waals surface area contributed by atoms with E-state index in [9.17, 15) is 13.2 Å². The second-order valence-electron chi connectivity index (χ2n) is 6.82. The van der Waals surface area contributed by atoms with Crippen LogP contribution < -0.4 is 4.90 Å². The standard InChI is InChI=1S/C19H19ClN2O3S2/c1-26-16-4-2-3-15(9-16)22-18-12-27(24,25)11-17(18)21(19(22)23)10-13-5-7-14(20)8-6-13/h2-9,17-18H,10-12H2,1H3/t17-,18-/m1/s1. The molecule has 2 saturated heterocycles. The molecule has 0 aromatic heterocycles. The van der Waals surface area contributed by atoms with Crippen LogP contribution in [0.1, 0.15) is 5.56 Å². The second kappa shape index (κ2) is 7.04. The Kier molecular flexibility index (Phi) is 4.86. The van der Waals surface area contributed by atoms with Crippen LogP contribution in [-0.2, 0) is 16.4 Å². The molecule has 0 unspecified atom stereocenters. The van der Waals surface area contributed by atoms with Crippen molar-refractivity contribution in [2.24, 2.45) is 0 Å². The molecule has 2 heterocycles. The predicted octanol–water partition coefficient (Wildman–Crippen LogP) is 3.67. The van der Waals surface area contributed by atoms with E-state index in [1.54, 1.807) is 33.7 Å². The molecule has 4 rings (SSSR count). The minimum Gasteiger partial charge on any atom is -0.314 e. The molecule has 5 nitrogen and oxygen atoms in total. The van der Waals surface area contributed by atoms with Gasteiger partial charge in [0.05, 0.1) is 23.6 Å². The minimum absolute atomic E-state index is 0.00399. The van der Waals surface area contributed by atoms with Crippen molar-refractivity contribution in [2.75, 3.05) is 22.7 Å². The number of halogens is 1. The number of hydrogen-bond acceptors (Lipinski definition) is 4. The van der Waals surface area contributed by atoms with Crippen LogP contribution in [0.5, 0.6) is 0 Å². The molecule has 2 aliphatic heterocycles. The molecule has 2 aliphatic rings. The molecule has 0 N–H and O–H groups in total. The fraction of sp³-hybridized carbons (Fsp3) is 0.316. The summed E-state index contributed by atoms with van der Waals surface area (Å²) in [6, 6.07) is 14.1. The Morgan fingerprint density at radius 2 is 1.81 bits per heavy atom. The fourth-order valence-electron chi connectivity index (χ4n) is 3.81. The van der Waals surface area contributed by atoms with Crippen LogP contribution in [-0.4, -0.2) is 49.2 Å². The molecule has 0 saturated carbocycles. The Labute approximate surface area is 168 Å². The summed E-state index contributed by atoms with van der Waals surface area (Å²) in [4.78, 5) is 17.6. The monoisotopic (exact) mass is 422 g/mol. The highest BCUT2D eigenvalue weighted by Crippen LogP contribution is 2.37. The summed E-state index contributed by atoms with van der Waals surface area (Å²) in [5.74, 6) is 0.0136. The van der Waals surface area contributed by atoms with Gasteiger partial charge in [-0.25, -0.2) is 13.2 Å².